The number of urea groups is 4. The Bertz CT molecular complexity index is 5840. The number of pyridine rings is 4. The molecule has 0 saturated carbocycles. The number of benzene rings is 8. The summed E-state index contributed by atoms with van der Waals surface area (Å²) in [5.74, 6) is -14.3. The molecule has 0 spiro atoms. The molecule has 12 rings (SSSR count). The minimum absolute atomic E-state index is 0.00312. The molecule has 5 atom stereocenters. The highest BCUT2D eigenvalue weighted by atomic mass is 35.5. The molecule has 34 heteroatoms. The van der Waals surface area contributed by atoms with Crippen LogP contribution in [0.1, 0.15) is 104 Å². The maximum Gasteiger partial charge on any atom is 0.319 e. The molecule has 4 aromatic heterocycles. The van der Waals surface area contributed by atoms with Crippen LogP contribution in [-0.4, -0.2) is 79.9 Å². The Morgan fingerprint density at radius 3 is 1.10 bits per heavy atom. The maximum atomic E-state index is 13.8. The van der Waals surface area contributed by atoms with Crippen molar-refractivity contribution in [3.63, 3.8) is 0 Å². The number of hydrogen-bond acceptors (Lipinski definition) is 8. The molecule has 8 aromatic carbocycles. The first-order chi connectivity index (χ1) is 53.4. The summed E-state index contributed by atoms with van der Waals surface area (Å²) in [4.78, 5) is 111. The van der Waals surface area contributed by atoms with Crippen molar-refractivity contribution in [2.45, 2.75) is 77.9 Å². The summed E-state index contributed by atoms with van der Waals surface area (Å²) in [5, 5.41) is 13.7. The highest BCUT2D eigenvalue weighted by Gasteiger charge is 2.27. The summed E-state index contributed by atoms with van der Waals surface area (Å²) >= 11 is 5.66. The van der Waals surface area contributed by atoms with Gasteiger partial charge in [-0.2, -0.15) is 0 Å². The summed E-state index contributed by atoms with van der Waals surface area (Å²) in [7, 11) is 4.55. The Morgan fingerprint density at radius 1 is 0.372 bits per heavy atom. The molecule has 113 heavy (non-hydrogen) atoms. The lowest BCUT2D eigenvalue weighted by atomic mass is 10.0. The quantitative estimate of drug-likeness (QED) is 0.0351. The number of nitrogens with one attached hydrogen (secondary N) is 9. The molecule has 0 saturated heterocycles. The van der Waals surface area contributed by atoms with E-state index < -0.39 is 134 Å². The molecule has 0 aliphatic rings. The number of carbonyl (C=O) groups is 4. The first-order valence-electron chi connectivity index (χ1n) is 33.9. The molecule has 0 aliphatic carbocycles. The van der Waals surface area contributed by atoms with E-state index in [1.165, 1.54) is 70.8 Å². The predicted molar refractivity (Wildman–Crippen MR) is 399 cm³/mol. The van der Waals surface area contributed by atoms with Gasteiger partial charge in [0.2, 0.25) is 0 Å². The van der Waals surface area contributed by atoms with Gasteiger partial charge in [-0.25, -0.2) is 76.3 Å². The van der Waals surface area contributed by atoms with Gasteiger partial charge in [0.05, 0.1) is 56.8 Å². The molecule has 8 amide bonds. The van der Waals surface area contributed by atoms with Gasteiger partial charge >= 0.3 is 24.1 Å². The van der Waals surface area contributed by atoms with E-state index in [1.807, 2.05) is 37.3 Å². The molecule has 20 nitrogen and oxygen atoms in total. The molecule has 12 aromatic rings. The van der Waals surface area contributed by atoms with E-state index >= 15 is 0 Å². The third kappa shape index (κ3) is 20.0. The summed E-state index contributed by atoms with van der Waals surface area (Å²) in [6.45, 7) is 8.43. The van der Waals surface area contributed by atoms with Crippen molar-refractivity contribution in [2.24, 2.45) is 0 Å². The fraction of sp³-hybridized carbons (Fsp3) is 0.190. The lowest BCUT2D eigenvalue weighted by Crippen LogP contribution is -2.40. The number of anilines is 1. The first-order valence-corrected chi connectivity index (χ1v) is 34.3. The summed E-state index contributed by atoms with van der Waals surface area (Å²) in [5.41, 5.74) is 1.41. The number of aromatic nitrogens is 4. The number of halogens is 14. The number of rotatable bonds is 15. The van der Waals surface area contributed by atoms with Crippen LogP contribution in [0.15, 0.2) is 177 Å². The van der Waals surface area contributed by atoms with Gasteiger partial charge in [-0.3, -0.25) is 19.2 Å². The van der Waals surface area contributed by atoms with Crippen molar-refractivity contribution < 1.29 is 76.3 Å². The third-order valence-corrected chi connectivity index (χ3v) is 18.7. The van der Waals surface area contributed by atoms with Crippen LogP contribution in [0.4, 0.5) is 81.9 Å². The smallest absolute Gasteiger partial charge is 0.319 e. The van der Waals surface area contributed by atoms with Crippen molar-refractivity contribution in [2.75, 3.05) is 26.5 Å². The number of aromatic amines is 4. The second kappa shape index (κ2) is 36.3. The second-order valence-electron chi connectivity index (χ2n) is 25.7. The van der Waals surface area contributed by atoms with E-state index in [0.29, 0.717) is 22.3 Å². The molecule has 0 radical (unpaired) electrons. The Morgan fingerprint density at radius 2 is 0.717 bits per heavy atom. The minimum Gasteiger partial charge on any atom is -0.334 e. The zero-order valence-electron chi connectivity index (χ0n) is 60.7. The average Bonchev–Trinajstić information content (AvgIpc) is 0.795. The summed E-state index contributed by atoms with van der Waals surface area (Å²) in [6, 6.07) is 22.8. The Kier molecular flexibility index (Phi) is 27.0. The van der Waals surface area contributed by atoms with Crippen LogP contribution in [0.3, 0.4) is 0 Å². The number of hydrogen-bond donors (Lipinski definition) is 9. The van der Waals surface area contributed by atoms with Gasteiger partial charge in [0, 0.05) is 64.7 Å². The highest BCUT2D eigenvalue weighted by Crippen LogP contribution is 2.32. The fourth-order valence-corrected chi connectivity index (χ4v) is 11.9. The van der Waals surface area contributed by atoms with Crippen molar-refractivity contribution in [1.82, 2.24) is 55.9 Å². The van der Waals surface area contributed by atoms with Crippen LogP contribution in [0.25, 0.3) is 43.1 Å². The average molecular weight is 1600 g/mol. The van der Waals surface area contributed by atoms with Gasteiger partial charge in [0.1, 0.15) is 11.6 Å². The number of amides is 8. The maximum absolute atomic E-state index is 13.8. The molecule has 0 fully saturated rings. The van der Waals surface area contributed by atoms with Gasteiger partial charge in [-0.05, 0) is 186 Å². The number of nitrogens with zero attached hydrogens (tertiary/aromatic N) is 3. The van der Waals surface area contributed by atoms with Crippen LogP contribution in [0.2, 0.25) is 5.02 Å². The van der Waals surface area contributed by atoms with E-state index in [2.05, 4.69) is 46.5 Å². The summed E-state index contributed by atoms with van der Waals surface area (Å²) in [6.07, 6.45) is 5.43. The molecule has 590 valence electrons. The Balaban J connectivity index is 0.000000173. The molecule has 4 heterocycles. The van der Waals surface area contributed by atoms with Gasteiger partial charge in [0.15, 0.2) is 64.0 Å². The SMILES string of the molecule is CC(NC(=O)Nc1ccc(F)c(Cl)c1)c1c[nH]c(=O)c2cc(F)c(F)cc12.CC(c1c[nH]c(=O)c2cc(F)c(F)cc12)N(C)C(=O)NCc1cc(F)c(F)c(F)c1.CC(c1c[nH]c(=O)c2cc(F)c(F)cc12)N(C)C(=O)NCc1ccc(F)cc1.CC(c1c[nH]c(=O)c2cc(F)c(F)cc12)N(C)C(=O)N[C@H](C)c1ccccc1. The number of carbonyl (C=O) groups excluding carboxylic acids is 4. The van der Waals surface area contributed by atoms with E-state index in [4.69, 9.17) is 11.6 Å². The predicted octanol–water partition coefficient (Wildman–Crippen LogP) is 16.7. The topological polar surface area (TPSA) is 270 Å². The van der Waals surface area contributed by atoms with Gasteiger partial charge in [-0.15, -0.1) is 0 Å². The standard InChI is InChI=1S/C21H21F2N3O2.C20H16F5N3O2.C20H18F3N3O2.C18H13ClF3N3O2/c1-12(14-7-5-4-6-8-14)25-21(28)26(3)13(2)17-11-24-20(27)16-10-19(23)18(22)9-15(16)17;1-9(13-8-26-19(29)12-6-15(22)14(21)5-11(12)13)28(2)20(30)27-7-10-3-16(23)18(25)17(24)4-10;1-11(26(2)20(28)25-9-12-3-5-13(21)6-4-12)16-10-24-19(27)15-8-18(23)17(22)7-14(15)16;1-8(24-18(27)25-9-2-3-14(20)13(19)4-9)12-7-23-17(26)11-6-16(22)15(21)5-10(11)12/h4-13H,1-3H3,(H,24,27)(H,25,28);3-6,8-9H,7H2,1-2H3,(H,26,29)(H,27,30);3-8,10-11H,9H2,1-2H3,(H,24,27)(H,25,28);2-8H,1H3,(H,23,26)(H2,24,25,27)/t12-,13?;;;/m1.../s1. The molecule has 9 N–H and O–H groups in total. The van der Waals surface area contributed by atoms with E-state index in [-0.39, 0.29) is 90.3 Å². The van der Waals surface area contributed by atoms with Crippen LogP contribution >= 0.6 is 11.6 Å². The van der Waals surface area contributed by atoms with Crippen LogP contribution in [0, 0.1) is 75.6 Å². The normalized spacial score (nSPS) is 12.3. The van der Waals surface area contributed by atoms with Crippen molar-refractivity contribution >= 4 is 84.5 Å². The second-order valence-corrected chi connectivity index (χ2v) is 26.2. The summed E-state index contributed by atoms with van der Waals surface area (Å²) < 4.78 is 175. The first kappa shape index (κ1) is 84.1. The van der Waals surface area contributed by atoms with E-state index in [1.54, 1.807) is 53.9 Å². The molecule has 0 aliphatic heterocycles. The van der Waals surface area contributed by atoms with Crippen LogP contribution in [0.5, 0.6) is 0 Å². The van der Waals surface area contributed by atoms with Gasteiger partial charge in [0.25, 0.3) is 22.2 Å². The van der Waals surface area contributed by atoms with E-state index in [9.17, 15) is 95.4 Å². The third-order valence-electron chi connectivity index (χ3n) is 18.4. The molecule has 0 bridgehead atoms. The lowest BCUT2D eigenvalue weighted by molar-refractivity contribution is 0.191. The van der Waals surface area contributed by atoms with Crippen molar-refractivity contribution in [3.05, 3.63) is 319 Å². The minimum atomic E-state index is -1.61. The Labute approximate surface area is 637 Å². The zero-order chi connectivity index (χ0) is 82.7. The van der Waals surface area contributed by atoms with E-state index in [0.717, 1.165) is 77.9 Å². The Hall–Kier alpha value is -12.9. The molecular weight excluding hydrogens is 1530 g/mol. The van der Waals surface area contributed by atoms with Gasteiger partial charge in [-0.1, -0.05) is 54.1 Å². The largest absolute Gasteiger partial charge is 0.334 e. The number of H-pyrrole nitrogens is 4. The highest BCUT2D eigenvalue weighted by molar-refractivity contribution is 6.31. The van der Waals surface area contributed by atoms with Crippen LogP contribution in [-0.2, 0) is 13.1 Å². The van der Waals surface area contributed by atoms with Crippen molar-refractivity contribution in [1.29, 1.82) is 0 Å². The monoisotopic (exact) mass is 1590 g/mol. The molecular formula is C79H68ClF13N12O8. The number of fused-ring (bicyclic) bond motifs is 4. The lowest BCUT2D eigenvalue weighted by Gasteiger charge is -2.28. The molecule has 4 unspecified atom stereocenters. The fourth-order valence-electron chi connectivity index (χ4n) is 11.7. The zero-order valence-corrected chi connectivity index (χ0v) is 61.5. The van der Waals surface area contributed by atoms with Crippen LogP contribution < -0.4 is 48.8 Å². The van der Waals surface area contributed by atoms with Gasteiger partial charge < -0.3 is 61.2 Å². The van der Waals surface area contributed by atoms with Crippen molar-refractivity contribution in [3.8, 4) is 0 Å².